The Balaban J connectivity index is 1.59. The van der Waals surface area contributed by atoms with Crippen LogP contribution in [0, 0.1) is 6.92 Å². The molecule has 0 aliphatic carbocycles. The maximum absolute atomic E-state index is 12.7. The zero-order valence-electron chi connectivity index (χ0n) is 14.8. The van der Waals surface area contributed by atoms with Crippen LogP contribution in [0.15, 0.2) is 24.5 Å². The number of aryl methyl sites for hydroxylation is 1. The lowest BCUT2D eigenvalue weighted by molar-refractivity contribution is 0.0341. The lowest BCUT2D eigenvalue weighted by atomic mass is 10.2. The first kappa shape index (κ1) is 18.0. The Morgan fingerprint density at radius 3 is 2.76 bits per heavy atom. The summed E-state index contributed by atoms with van der Waals surface area (Å²) in [5.41, 5.74) is 2.01. The molecule has 3 heterocycles. The first-order valence-corrected chi connectivity index (χ1v) is 9.36. The largest absolute Gasteiger partial charge is 0.379 e. The van der Waals surface area contributed by atoms with Crippen LogP contribution in [0.2, 0.25) is 0 Å². The van der Waals surface area contributed by atoms with Crippen molar-refractivity contribution in [3.8, 4) is 0 Å². The second kappa shape index (κ2) is 8.51. The Morgan fingerprint density at radius 1 is 1.32 bits per heavy atom. The molecule has 2 aromatic rings. The summed E-state index contributed by atoms with van der Waals surface area (Å²) in [7, 11) is 1.85. The fraction of sp³-hybridized carbons (Fsp3) is 0.500. The molecule has 0 radical (unpaired) electrons. The van der Waals surface area contributed by atoms with E-state index in [1.165, 1.54) is 16.9 Å². The van der Waals surface area contributed by atoms with Gasteiger partial charge in [-0.3, -0.25) is 14.7 Å². The lowest BCUT2D eigenvalue weighted by Gasteiger charge is -2.25. The summed E-state index contributed by atoms with van der Waals surface area (Å²) in [6, 6.07) is 3.97. The highest BCUT2D eigenvalue weighted by Crippen LogP contribution is 2.21. The number of ether oxygens (including phenoxy) is 1. The van der Waals surface area contributed by atoms with Crippen molar-refractivity contribution >= 4 is 17.2 Å². The Hall–Kier alpha value is -1.83. The standard InChI is InChI=1S/C18H24N4O2S/c1-14-17(25-16(20-14)13-22-9-11-24-12-10-22)18(23)21(2)8-5-15-3-6-19-7-4-15/h3-4,6-7H,5,8-13H2,1-2H3. The number of amides is 1. The number of nitrogens with zero attached hydrogens (tertiary/aromatic N) is 4. The quantitative estimate of drug-likeness (QED) is 0.789. The fourth-order valence-electron chi connectivity index (χ4n) is 2.79. The van der Waals surface area contributed by atoms with E-state index in [4.69, 9.17) is 4.74 Å². The van der Waals surface area contributed by atoms with Crippen molar-refractivity contribution in [3.63, 3.8) is 0 Å². The summed E-state index contributed by atoms with van der Waals surface area (Å²) >= 11 is 1.52. The Morgan fingerprint density at radius 2 is 2.04 bits per heavy atom. The van der Waals surface area contributed by atoms with Gasteiger partial charge in [-0.2, -0.15) is 0 Å². The Labute approximate surface area is 152 Å². The Bertz CT molecular complexity index is 698. The molecular weight excluding hydrogens is 336 g/mol. The van der Waals surface area contributed by atoms with Crippen LogP contribution in [0.5, 0.6) is 0 Å². The van der Waals surface area contributed by atoms with Gasteiger partial charge in [-0.15, -0.1) is 11.3 Å². The molecule has 1 saturated heterocycles. The van der Waals surface area contributed by atoms with E-state index in [-0.39, 0.29) is 5.91 Å². The summed E-state index contributed by atoms with van der Waals surface area (Å²) < 4.78 is 5.38. The predicted octanol–water partition coefficient (Wildman–Crippen LogP) is 1.99. The average molecular weight is 360 g/mol. The maximum Gasteiger partial charge on any atom is 0.265 e. The number of carbonyl (C=O) groups excluding carboxylic acids is 1. The summed E-state index contributed by atoms with van der Waals surface area (Å²) in [4.78, 5) is 26.2. The fourth-order valence-corrected chi connectivity index (χ4v) is 3.89. The molecule has 3 rings (SSSR count). The predicted molar refractivity (Wildman–Crippen MR) is 97.8 cm³/mol. The number of pyridine rings is 1. The number of hydrogen-bond acceptors (Lipinski definition) is 6. The number of rotatable bonds is 6. The molecule has 0 saturated carbocycles. The van der Waals surface area contributed by atoms with Gasteiger partial charge in [0.15, 0.2) is 0 Å². The van der Waals surface area contributed by atoms with Gasteiger partial charge in [-0.25, -0.2) is 4.98 Å². The molecule has 2 aromatic heterocycles. The van der Waals surface area contributed by atoms with Gasteiger partial charge in [0.1, 0.15) is 9.88 Å². The molecule has 7 heteroatoms. The van der Waals surface area contributed by atoms with Crippen LogP contribution in [-0.2, 0) is 17.7 Å². The highest BCUT2D eigenvalue weighted by atomic mass is 32.1. The van der Waals surface area contributed by atoms with Crippen LogP contribution in [0.1, 0.15) is 25.9 Å². The third-order valence-electron chi connectivity index (χ3n) is 4.33. The van der Waals surface area contributed by atoms with E-state index < -0.39 is 0 Å². The van der Waals surface area contributed by atoms with Crippen LogP contribution in [0.25, 0.3) is 0 Å². The number of carbonyl (C=O) groups is 1. The van der Waals surface area contributed by atoms with Crippen molar-refractivity contribution < 1.29 is 9.53 Å². The highest BCUT2D eigenvalue weighted by molar-refractivity contribution is 7.13. The number of hydrogen-bond donors (Lipinski definition) is 0. The highest BCUT2D eigenvalue weighted by Gasteiger charge is 2.20. The SMILES string of the molecule is Cc1nc(CN2CCOCC2)sc1C(=O)N(C)CCc1ccncc1. The number of aromatic nitrogens is 2. The topological polar surface area (TPSA) is 58.6 Å². The molecule has 134 valence electrons. The van der Waals surface area contributed by atoms with Crippen LogP contribution >= 0.6 is 11.3 Å². The van der Waals surface area contributed by atoms with Gasteiger partial charge in [0.05, 0.1) is 25.5 Å². The monoisotopic (exact) mass is 360 g/mol. The second-order valence-corrected chi connectivity index (χ2v) is 7.33. The van der Waals surface area contributed by atoms with E-state index in [1.807, 2.05) is 26.1 Å². The number of morpholine rings is 1. The van der Waals surface area contributed by atoms with Gasteiger partial charge in [-0.1, -0.05) is 0 Å². The van der Waals surface area contributed by atoms with Gasteiger partial charge in [-0.05, 0) is 31.0 Å². The van der Waals surface area contributed by atoms with Crippen LogP contribution < -0.4 is 0 Å². The van der Waals surface area contributed by atoms with Gasteiger partial charge in [0.2, 0.25) is 0 Å². The molecule has 0 atom stereocenters. The van der Waals surface area contributed by atoms with Crippen molar-refractivity contribution in [3.05, 3.63) is 45.7 Å². The molecule has 0 spiro atoms. The average Bonchev–Trinajstić information content (AvgIpc) is 3.01. The molecule has 1 aliphatic rings. The van der Waals surface area contributed by atoms with E-state index in [0.717, 1.165) is 54.8 Å². The van der Waals surface area contributed by atoms with Gasteiger partial charge < -0.3 is 9.64 Å². The molecule has 6 nitrogen and oxygen atoms in total. The number of likely N-dealkylation sites (N-methyl/N-ethyl adjacent to an activating group) is 1. The third kappa shape index (κ3) is 4.84. The van der Waals surface area contributed by atoms with E-state index >= 15 is 0 Å². The number of thiazole rings is 1. The summed E-state index contributed by atoms with van der Waals surface area (Å²) in [6.45, 7) is 6.79. The van der Waals surface area contributed by atoms with Crippen molar-refractivity contribution in [2.45, 2.75) is 19.9 Å². The molecule has 1 aliphatic heterocycles. The third-order valence-corrected chi connectivity index (χ3v) is 5.46. The summed E-state index contributed by atoms with van der Waals surface area (Å²) in [6.07, 6.45) is 4.38. The van der Waals surface area contributed by atoms with Crippen molar-refractivity contribution in [1.82, 2.24) is 19.8 Å². The van der Waals surface area contributed by atoms with E-state index in [2.05, 4.69) is 14.9 Å². The van der Waals surface area contributed by atoms with Crippen LogP contribution in [0.3, 0.4) is 0 Å². The van der Waals surface area contributed by atoms with E-state index in [1.54, 1.807) is 17.3 Å². The molecule has 0 N–H and O–H groups in total. The summed E-state index contributed by atoms with van der Waals surface area (Å²) in [5, 5.41) is 1.00. The first-order valence-electron chi connectivity index (χ1n) is 8.54. The van der Waals surface area contributed by atoms with E-state index in [9.17, 15) is 4.79 Å². The lowest BCUT2D eigenvalue weighted by Crippen LogP contribution is -2.35. The molecule has 0 aromatic carbocycles. The molecule has 0 bridgehead atoms. The van der Waals surface area contributed by atoms with Gasteiger partial charge >= 0.3 is 0 Å². The summed E-state index contributed by atoms with van der Waals surface area (Å²) in [5.74, 6) is 0.0530. The molecular formula is C18H24N4O2S. The zero-order chi connectivity index (χ0) is 17.6. The van der Waals surface area contributed by atoms with Gasteiger partial charge in [0.25, 0.3) is 5.91 Å². The Kier molecular flexibility index (Phi) is 6.12. The van der Waals surface area contributed by atoms with E-state index in [0.29, 0.717) is 6.54 Å². The normalized spacial score (nSPS) is 15.3. The second-order valence-electron chi connectivity index (χ2n) is 6.24. The van der Waals surface area contributed by atoms with Crippen LogP contribution in [0.4, 0.5) is 0 Å². The zero-order valence-corrected chi connectivity index (χ0v) is 15.6. The minimum atomic E-state index is 0.0530. The van der Waals surface area contributed by atoms with Crippen LogP contribution in [-0.4, -0.2) is 65.6 Å². The minimum Gasteiger partial charge on any atom is -0.379 e. The first-order chi connectivity index (χ1) is 12.1. The smallest absolute Gasteiger partial charge is 0.265 e. The molecule has 25 heavy (non-hydrogen) atoms. The minimum absolute atomic E-state index is 0.0530. The molecule has 0 unspecified atom stereocenters. The van der Waals surface area contributed by atoms with Gasteiger partial charge in [0, 0.05) is 39.1 Å². The maximum atomic E-state index is 12.7. The van der Waals surface area contributed by atoms with Crippen molar-refractivity contribution in [2.24, 2.45) is 0 Å². The van der Waals surface area contributed by atoms with Crippen molar-refractivity contribution in [2.75, 3.05) is 39.9 Å². The molecule has 1 amide bonds. The van der Waals surface area contributed by atoms with Crippen molar-refractivity contribution in [1.29, 1.82) is 0 Å². The molecule has 1 fully saturated rings.